The van der Waals surface area contributed by atoms with Gasteiger partial charge >= 0.3 is 0 Å². The van der Waals surface area contributed by atoms with Crippen molar-refractivity contribution < 1.29 is 9.13 Å². The van der Waals surface area contributed by atoms with Gasteiger partial charge in [-0.05, 0) is 42.7 Å². The Morgan fingerprint density at radius 2 is 1.79 bits per heavy atom. The van der Waals surface area contributed by atoms with Crippen LogP contribution in [0.5, 0.6) is 5.75 Å². The Bertz CT molecular complexity index is 561. The number of para-hydroxylation sites is 1. The molecule has 0 aromatic heterocycles. The van der Waals surface area contributed by atoms with Crippen molar-refractivity contribution in [2.24, 2.45) is 0 Å². The third kappa shape index (κ3) is 3.05. The summed E-state index contributed by atoms with van der Waals surface area (Å²) >= 11 is 0. The van der Waals surface area contributed by atoms with E-state index in [-0.39, 0.29) is 11.6 Å². The number of ether oxygens (including phenoxy) is 1. The van der Waals surface area contributed by atoms with Gasteiger partial charge in [0.2, 0.25) is 0 Å². The molecule has 0 aliphatic rings. The van der Waals surface area contributed by atoms with Gasteiger partial charge in [0.05, 0.1) is 7.11 Å². The summed E-state index contributed by atoms with van der Waals surface area (Å²) in [6.45, 7) is 4.71. The maximum Gasteiger partial charge on any atom is 0.165 e. The number of methoxy groups -OCH3 is 1. The van der Waals surface area contributed by atoms with Crippen molar-refractivity contribution in [2.45, 2.75) is 20.4 Å². The molecule has 0 atom stereocenters. The lowest BCUT2D eigenvalue weighted by Gasteiger charge is -2.13. The molecule has 100 valence electrons. The molecule has 2 rings (SSSR count). The van der Waals surface area contributed by atoms with E-state index in [4.69, 9.17) is 4.74 Å². The van der Waals surface area contributed by atoms with Crippen molar-refractivity contribution >= 4 is 5.69 Å². The second-order valence-corrected chi connectivity index (χ2v) is 4.59. The van der Waals surface area contributed by atoms with Crippen LogP contribution in [0.1, 0.15) is 16.7 Å². The SMILES string of the molecule is COc1ccc(CNc2c(C)cccc2C)cc1F. The van der Waals surface area contributed by atoms with E-state index in [2.05, 4.69) is 31.3 Å². The van der Waals surface area contributed by atoms with E-state index in [0.717, 1.165) is 11.3 Å². The van der Waals surface area contributed by atoms with Crippen LogP contribution in [0, 0.1) is 19.7 Å². The van der Waals surface area contributed by atoms with E-state index in [0.29, 0.717) is 6.54 Å². The van der Waals surface area contributed by atoms with Crippen molar-refractivity contribution in [1.29, 1.82) is 0 Å². The van der Waals surface area contributed by atoms with Crippen LogP contribution in [0.25, 0.3) is 0 Å². The summed E-state index contributed by atoms with van der Waals surface area (Å²) in [5.41, 5.74) is 4.38. The number of halogens is 1. The Morgan fingerprint density at radius 3 is 2.37 bits per heavy atom. The Morgan fingerprint density at radius 1 is 1.11 bits per heavy atom. The first kappa shape index (κ1) is 13.4. The van der Waals surface area contributed by atoms with Gasteiger partial charge in [-0.25, -0.2) is 4.39 Å². The first-order valence-corrected chi connectivity index (χ1v) is 6.24. The molecule has 0 heterocycles. The van der Waals surface area contributed by atoms with E-state index >= 15 is 0 Å². The van der Waals surface area contributed by atoms with Gasteiger partial charge in [0.25, 0.3) is 0 Å². The third-order valence-corrected chi connectivity index (χ3v) is 3.17. The molecule has 0 aliphatic carbocycles. The smallest absolute Gasteiger partial charge is 0.165 e. The maximum absolute atomic E-state index is 13.6. The minimum Gasteiger partial charge on any atom is -0.494 e. The van der Waals surface area contributed by atoms with E-state index in [1.54, 1.807) is 6.07 Å². The molecule has 0 fully saturated rings. The van der Waals surface area contributed by atoms with Gasteiger partial charge in [0.15, 0.2) is 11.6 Å². The van der Waals surface area contributed by atoms with E-state index in [9.17, 15) is 4.39 Å². The lowest BCUT2D eigenvalue weighted by atomic mass is 10.1. The minimum atomic E-state index is -0.330. The van der Waals surface area contributed by atoms with Gasteiger partial charge in [0.1, 0.15) is 0 Å². The van der Waals surface area contributed by atoms with Gasteiger partial charge < -0.3 is 10.1 Å². The van der Waals surface area contributed by atoms with Crippen molar-refractivity contribution in [3.05, 3.63) is 58.9 Å². The molecule has 19 heavy (non-hydrogen) atoms. The minimum absolute atomic E-state index is 0.274. The number of benzene rings is 2. The van der Waals surface area contributed by atoms with E-state index in [1.807, 2.05) is 12.1 Å². The number of anilines is 1. The molecule has 0 amide bonds. The van der Waals surface area contributed by atoms with Crippen LogP contribution in [0.2, 0.25) is 0 Å². The molecular formula is C16H18FNO. The average molecular weight is 259 g/mol. The van der Waals surface area contributed by atoms with Crippen LogP contribution < -0.4 is 10.1 Å². The van der Waals surface area contributed by atoms with E-state index < -0.39 is 0 Å². The molecule has 0 radical (unpaired) electrons. The summed E-state index contributed by atoms with van der Waals surface area (Å²) < 4.78 is 18.5. The fraction of sp³-hybridized carbons (Fsp3) is 0.250. The van der Waals surface area contributed by atoms with Crippen molar-refractivity contribution in [3.63, 3.8) is 0 Å². The zero-order valence-corrected chi connectivity index (χ0v) is 11.5. The summed E-state index contributed by atoms with van der Waals surface area (Å²) in [6.07, 6.45) is 0. The van der Waals surface area contributed by atoms with Gasteiger partial charge in [0, 0.05) is 12.2 Å². The molecule has 3 heteroatoms. The Labute approximate surface area is 113 Å². The fourth-order valence-corrected chi connectivity index (χ4v) is 2.10. The zero-order valence-electron chi connectivity index (χ0n) is 11.5. The number of rotatable bonds is 4. The molecule has 0 saturated heterocycles. The first-order valence-electron chi connectivity index (χ1n) is 6.24. The topological polar surface area (TPSA) is 21.3 Å². The Balaban J connectivity index is 2.13. The number of hydrogen-bond acceptors (Lipinski definition) is 2. The summed E-state index contributed by atoms with van der Waals surface area (Å²) in [5.74, 6) is -0.0564. The highest BCUT2D eigenvalue weighted by Gasteiger charge is 2.05. The average Bonchev–Trinajstić information content (AvgIpc) is 2.38. The highest BCUT2D eigenvalue weighted by molar-refractivity contribution is 5.56. The molecule has 2 aromatic rings. The highest BCUT2D eigenvalue weighted by atomic mass is 19.1. The lowest BCUT2D eigenvalue weighted by molar-refractivity contribution is 0.386. The molecule has 0 unspecified atom stereocenters. The summed E-state index contributed by atoms with van der Waals surface area (Å²) in [4.78, 5) is 0. The quantitative estimate of drug-likeness (QED) is 0.894. The Kier molecular flexibility index (Phi) is 4.05. The summed E-state index contributed by atoms with van der Waals surface area (Å²) in [5, 5.41) is 3.35. The van der Waals surface area contributed by atoms with Crippen molar-refractivity contribution in [1.82, 2.24) is 0 Å². The van der Waals surface area contributed by atoms with Gasteiger partial charge in [-0.3, -0.25) is 0 Å². The largest absolute Gasteiger partial charge is 0.494 e. The zero-order chi connectivity index (χ0) is 13.8. The monoisotopic (exact) mass is 259 g/mol. The molecule has 0 spiro atoms. The molecule has 2 aromatic carbocycles. The summed E-state index contributed by atoms with van der Waals surface area (Å²) in [6, 6.07) is 11.2. The van der Waals surface area contributed by atoms with Crippen LogP contribution in [0.15, 0.2) is 36.4 Å². The molecule has 0 saturated carbocycles. The first-order chi connectivity index (χ1) is 9.11. The molecule has 0 aliphatic heterocycles. The van der Waals surface area contributed by atoms with Crippen molar-refractivity contribution in [2.75, 3.05) is 12.4 Å². The molecule has 1 N–H and O–H groups in total. The van der Waals surface area contributed by atoms with Crippen LogP contribution >= 0.6 is 0 Å². The molecule has 2 nitrogen and oxygen atoms in total. The van der Waals surface area contributed by atoms with Crippen LogP contribution in [-0.2, 0) is 6.54 Å². The van der Waals surface area contributed by atoms with Gasteiger partial charge in [-0.15, -0.1) is 0 Å². The van der Waals surface area contributed by atoms with Crippen LogP contribution in [-0.4, -0.2) is 7.11 Å². The van der Waals surface area contributed by atoms with E-state index in [1.165, 1.54) is 24.3 Å². The lowest BCUT2D eigenvalue weighted by Crippen LogP contribution is -2.03. The maximum atomic E-state index is 13.6. The molecule has 0 bridgehead atoms. The van der Waals surface area contributed by atoms with Crippen LogP contribution in [0.3, 0.4) is 0 Å². The highest BCUT2D eigenvalue weighted by Crippen LogP contribution is 2.22. The standard InChI is InChI=1S/C16H18FNO/c1-11-5-4-6-12(2)16(11)18-10-13-7-8-15(19-3)14(17)9-13/h4-9,18H,10H2,1-3H3. The second-order valence-electron chi connectivity index (χ2n) is 4.59. The molecular weight excluding hydrogens is 241 g/mol. The second kappa shape index (κ2) is 5.74. The summed E-state index contributed by atoms with van der Waals surface area (Å²) in [7, 11) is 1.47. The number of aryl methyl sites for hydroxylation is 2. The number of hydrogen-bond donors (Lipinski definition) is 1. The third-order valence-electron chi connectivity index (χ3n) is 3.17. The number of nitrogens with one attached hydrogen (secondary N) is 1. The Hall–Kier alpha value is -2.03. The van der Waals surface area contributed by atoms with Crippen LogP contribution in [0.4, 0.5) is 10.1 Å². The van der Waals surface area contributed by atoms with Crippen molar-refractivity contribution in [3.8, 4) is 5.75 Å². The fourth-order valence-electron chi connectivity index (χ4n) is 2.10. The predicted molar refractivity (Wildman–Crippen MR) is 76.2 cm³/mol. The van der Waals surface area contributed by atoms with Gasteiger partial charge in [-0.1, -0.05) is 24.3 Å². The normalized spacial score (nSPS) is 10.3. The van der Waals surface area contributed by atoms with Gasteiger partial charge in [-0.2, -0.15) is 0 Å². The predicted octanol–water partition coefficient (Wildman–Crippen LogP) is 4.06.